The van der Waals surface area contributed by atoms with E-state index in [9.17, 15) is 0 Å². The molecule has 74 valence electrons. The molecule has 1 aliphatic rings. The van der Waals surface area contributed by atoms with Gasteiger partial charge in [0, 0.05) is 32.7 Å². The minimum absolute atomic E-state index is 0.417. The van der Waals surface area contributed by atoms with Crippen molar-refractivity contribution in [1.29, 1.82) is 0 Å². The lowest BCUT2D eigenvalue weighted by Gasteiger charge is -2.21. The number of ether oxygens (including phenoxy) is 1. The molecule has 1 rings (SSSR count). The van der Waals surface area contributed by atoms with Crippen molar-refractivity contribution in [2.24, 2.45) is 0 Å². The molecule has 1 saturated heterocycles. The monoisotopic (exact) mass is 181 g/mol. The topological polar surface area (TPSA) is 12.5 Å². The van der Waals surface area contributed by atoms with Gasteiger partial charge in [-0.3, -0.25) is 4.90 Å². The second-order valence-electron chi connectivity index (χ2n) is 3.51. The third kappa shape index (κ3) is 3.80. The van der Waals surface area contributed by atoms with Crippen molar-refractivity contribution >= 4 is 0 Å². The first kappa shape index (κ1) is 10.6. The molecule has 13 heavy (non-hydrogen) atoms. The molecule has 0 amide bonds. The summed E-state index contributed by atoms with van der Waals surface area (Å²) < 4.78 is 5.67. The molecule has 0 aromatic heterocycles. The molecule has 1 atom stereocenters. The maximum absolute atomic E-state index is 5.67. The molecule has 0 saturated carbocycles. The van der Waals surface area contributed by atoms with E-state index < -0.39 is 0 Å². The van der Waals surface area contributed by atoms with Crippen LogP contribution in [-0.2, 0) is 4.74 Å². The van der Waals surface area contributed by atoms with Crippen LogP contribution in [0.2, 0.25) is 0 Å². The molecule has 0 aromatic carbocycles. The zero-order valence-corrected chi connectivity index (χ0v) is 8.46. The van der Waals surface area contributed by atoms with Gasteiger partial charge in [-0.05, 0) is 12.8 Å². The van der Waals surface area contributed by atoms with Gasteiger partial charge >= 0.3 is 0 Å². The zero-order chi connectivity index (χ0) is 9.52. The van der Waals surface area contributed by atoms with Crippen LogP contribution in [-0.4, -0.2) is 37.2 Å². The van der Waals surface area contributed by atoms with Gasteiger partial charge in [0.1, 0.15) is 0 Å². The van der Waals surface area contributed by atoms with Crippen LogP contribution < -0.4 is 0 Å². The van der Waals surface area contributed by atoms with Crippen LogP contribution in [0.15, 0.2) is 0 Å². The summed E-state index contributed by atoms with van der Waals surface area (Å²) in [5.74, 6) is 2.69. The quantitative estimate of drug-likeness (QED) is 0.612. The van der Waals surface area contributed by atoms with E-state index in [1.54, 1.807) is 0 Å². The summed E-state index contributed by atoms with van der Waals surface area (Å²) in [6.07, 6.45) is 8.76. The van der Waals surface area contributed by atoms with Crippen molar-refractivity contribution in [2.75, 3.05) is 26.2 Å². The Morgan fingerprint density at radius 1 is 1.62 bits per heavy atom. The molecule has 1 heterocycles. The fraction of sp³-hybridized carbons (Fsp3) is 0.818. The maximum atomic E-state index is 5.67. The standard InChI is InChI=1S/C11H19NO/c1-3-5-7-12-8-6-9-13-11(4-2)10-12/h1,11H,4-10H2,2H3. The Morgan fingerprint density at radius 2 is 2.46 bits per heavy atom. The second-order valence-corrected chi connectivity index (χ2v) is 3.51. The van der Waals surface area contributed by atoms with E-state index in [-0.39, 0.29) is 0 Å². The Balaban J connectivity index is 2.31. The summed E-state index contributed by atoms with van der Waals surface area (Å²) in [5, 5.41) is 0. The molecular weight excluding hydrogens is 162 g/mol. The number of hydrogen-bond donors (Lipinski definition) is 0. The summed E-state index contributed by atoms with van der Waals surface area (Å²) in [7, 11) is 0. The molecule has 2 nitrogen and oxygen atoms in total. The average molecular weight is 181 g/mol. The van der Waals surface area contributed by atoms with Crippen molar-refractivity contribution in [2.45, 2.75) is 32.3 Å². The Kier molecular flexibility index (Phi) is 4.88. The second kappa shape index (κ2) is 6.01. The van der Waals surface area contributed by atoms with Gasteiger partial charge in [0.05, 0.1) is 6.10 Å². The third-order valence-electron chi connectivity index (χ3n) is 2.46. The highest BCUT2D eigenvalue weighted by Gasteiger charge is 2.15. The van der Waals surface area contributed by atoms with E-state index >= 15 is 0 Å². The van der Waals surface area contributed by atoms with Gasteiger partial charge in [0.15, 0.2) is 0 Å². The van der Waals surface area contributed by atoms with Gasteiger partial charge in [0.25, 0.3) is 0 Å². The molecule has 0 radical (unpaired) electrons. The van der Waals surface area contributed by atoms with Gasteiger partial charge in [-0.2, -0.15) is 0 Å². The van der Waals surface area contributed by atoms with Crippen LogP contribution in [0.5, 0.6) is 0 Å². The number of terminal acetylenes is 1. The minimum atomic E-state index is 0.417. The SMILES string of the molecule is C#CCCN1CCCOC(CC)C1. The highest BCUT2D eigenvalue weighted by molar-refractivity contribution is 4.85. The predicted molar refractivity (Wildman–Crippen MR) is 54.5 cm³/mol. The summed E-state index contributed by atoms with van der Waals surface area (Å²) in [6.45, 7) is 6.30. The Hall–Kier alpha value is -0.520. The third-order valence-corrected chi connectivity index (χ3v) is 2.46. The Bertz CT molecular complexity index is 173. The van der Waals surface area contributed by atoms with Gasteiger partial charge in [-0.1, -0.05) is 6.92 Å². The largest absolute Gasteiger partial charge is 0.377 e. The maximum Gasteiger partial charge on any atom is 0.0699 e. The molecule has 1 aliphatic heterocycles. The van der Waals surface area contributed by atoms with E-state index in [0.29, 0.717) is 6.10 Å². The summed E-state index contributed by atoms with van der Waals surface area (Å²) in [6, 6.07) is 0. The number of nitrogens with zero attached hydrogens (tertiary/aromatic N) is 1. The van der Waals surface area contributed by atoms with Gasteiger partial charge in [-0.15, -0.1) is 12.3 Å². The van der Waals surface area contributed by atoms with Crippen LogP contribution >= 0.6 is 0 Å². The fourth-order valence-electron chi connectivity index (χ4n) is 1.64. The van der Waals surface area contributed by atoms with Crippen LogP contribution in [0.25, 0.3) is 0 Å². The highest BCUT2D eigenvalue weighted by Crippen LogP contribution is 2.08. The smallest absolute Gasteiger partial charge is 0.0699 e. The summed E-state index contributed by atoms with van der Waals surface area (Å²) in [5.41, 5.74) is 0. The number of hydrogen-bond acceptors (Lipinski definition) is 2. The van der Waals surface area contributed by atoms with Crippen LogP contribution in [0.3, 0.4) is 0 Å². The molecule has 1 fully saturated rings. The van der Waals surface area contributed by atoms with Gasteiger partial charge in [0.2, 0.25) is 0 Å². The van der Waals surface area contributed by atoms with E-state index in [1.807, 2.05) is 0 Å². The van der Waals surface area contributed by atoms with E-state index in [1.165, 1.54) is 0 Å². The van der Waals surface area contributed by atoms with Gasteiger partial charge in [-0.25, -0.2) is 0 Å². The predicted octanol–water partition coefficient (Wildman–Crippen LogP) is 1.51. The molecule has 2 heteroatoms. The molecule has 0 aromatic rings. The summed E-state index contributed by atoms with van der Waals surface area (Å²) in [4.78, 5) is 2.42. The van der Waals surface area contributed by atoms with Crippen molar-refractivity contribution in [3.05, 3.63) is 0 Å². The normalized spacial score (nSPS) is 25.1. The Morgan fingerprint density at radius 3 is 3.15 bits per heavy atom. The van der Waals surface area contributed by atoms with E-state index in [2.05, 4.69) is 17.7 Å². The lowest BCUT2D eigenvalue weighted by atomic mass is 10.2. The molecule has 1 unspecified atom stereocenters. The lowest BCUT2D eigenvalue weighted by molar-refractivity contribution is 0.0522. The van der Waals surface area contributed by atoms with Crippen LogP contribution in [0.4, 0.5) is 0 Å². The van der Waals surface area contributed by atoms with Crippen molar-refractivity contribution in [1.82, 2.24) is 4.90 Å². The molecule has 0 aliphatic carbocycles. The number of rotatable bonds is 3. The molecule has 0 N–H and O–H groups in total. The highest BCUT2D eigenvalue weighted by atomic mass is 16.5. The first-order valence-corrected chi connectivity index (χ1v) is 5.14. The van der Waals surface area contributed by atoms with Crippen molar-refractivity contribution in [3.63, 3.8) is 0 Å². The molecular formula is C11H19NO. The molecule has 0 bridgehead atoms. The first-order chi connectivity index (χ1) is 6.36. The molecule has 0 spiro atoms. The summed E-state index contributed by atoms with van der Waals surface area (Å²) >= 11 is 0. The van der Waals surface area contributed by atoms with Crippen LogP contribution in [0.1, 0.15) is 26.2 Å². The first-order valence-electron chi connectivity index (χ1n) is 5.14. The van der Waals surface area contributed by atoms with E-state index in [0.717, 1.165) is 45.5 Å². The lowest BCUT2D eigenvalue weighted by Crippen LogP contribution is -2.32. The van der Waals surface area contributed by atoms with E-state index in [4.69, 9.17) is 11.2 Å². The average Bonchev–Trinajstić information content (AvgIpc) is 2.39. The zero-order valence-electron chi connectivity index (χ0n) is 8.46. The minimum Gasteiger partial charge on any atom is -0.377 e. The van der Waals surface area contributed by atoms with Gasteiger partial charge < -0.3 is 4.74 Å². The van der Waals surface area contributed by atoms with Crippen molar-refractivity contribution < 1.29 is 4.74 Å². The Labute approximate surface area is 81.3 Å². The van der Waals surface area contributed by atoms with Crippen molar-refractivity contribution in [3.8, 4) is 12.3 Å². The fourth-order valence-corrected chi connectivity index (χ4v) is 1.64. The van der Waals surface area contributed by atoms with Crippen LogP contribution in [0, 0.1) is 12.3 Å².